The maximum absolute atomic E-state index is 12.9. The van der Waals surface area contributed by atoms with Crippen LogP contribution in [0.1, 0.15) is 13.3 Å². The first-order chi connectivity index (χ1) is 13.4. The summed E-state index contributed by atoms with van der Waals surface area (Å²) < 4.78 is 18.6. The van der Waals surface area contributed by atoms with Crippen molar-refractivity contribution in [2.75, 3.05) is 44.6 Å². The molecule has 2 heterocycles. The van der Waals surface area contributed by atoms with Crippen molar-refractivity contribution in [2.45, 2.75) is 31.6 Å². The first kappa shape index (κ1) is 20.5. The van der Waals surface area contributed by atoms with Gasteiger partial charge in [-0.25, -0.2) is 9.18 Å². The Labute approximate surface area is 163 Å². The average molecular weight is 394 g/mol. The van der Waals surface area contributed by atoms with Crippen LogP contribution >= 0.6 is 0 Å². The molecule has 0 aliphatic carbocycles. The van der Waals surface area contributed by atoms with Crippen molar-refractivity contribution in [1.29, 1.82) is 0 Å². The molecule has 0 unspecified atom stereocenters. The van der Waals surface area contributed by atoms with E-state index >= 15 is 0 Å². The number of urea groups is 1. The lowest BCUT2D eigenvalue weighted by Crippen LogP contribution is -2.48. The number of nitrogens with zero attached hydrogens (tertiary/aromatic N) is 2. The smallest absolute Gasteiger partial charge is 0.319 e. The number of ether oxygens (including phenoxy) is 1. The number of benzene rings is 1. The molecule has 0 bridgehead atoms. The van der Waals surface area contributed by atoms with Crippen LogP contribution in [-0.2, 0) is 9.53 Å². The SMILES string of the molecule is CC(=O)N1CCCN(C[C@@H]2OC[C@H](NC(=O)Nc3ccc(F)cc3)[C@H]2O)CC1. The normalized spacial score (nSPS) is 26.0. The number of anilines is 1. The highest BCUT2D eigenvalue weighted by Crippen LogP contribution is 2.17. The van der Waals surface area contributed by atoms with Crippen molar-refractivity contribution in [3.63, 3.8) is 0 Å². The Morgan fingerprint density at radius 1 is 1.21 bits per heavy atom. The Bertz CT molecular complexity index is 687. The van der Waals surface area contributed by atoms with Crippen LogP contribution in [0.3, 0.4) is 0 Å². The standard InChI is InChI=1S/C19H27FN4O4/c1-13(25)24-8-2-7-23(9-10-24)11-17-18(26)16(12-28-17)22-19(27)21-15-5-3-14(20)4-6-15/h3-6,16-18,26H,2,7-12H2,1H3,(H2,21,22,27)/t16-,17-,18+/m0/s1. The summed E-state index contributed by atoms with van der Waals surface area (Å²) in [5.74, 6) is -0.302. The molecule has 3 rings (SSSR count). The summed E-state index contributed by atoms with van der Waals surface area (Å²) in [5.41, 5.74) is 0.462. The Morgan fingerprint density at radius 3 is 2.68 bits per heavy atom. The van der Waals surface area contributed by atoms with E-state index in [1.54, 1.807) is 6.92 Å². The molecule has 0 saturated carbocycles. The van der Waals surface area contributed by atoms with Crippen LogP contribution in [0.15, 0.2) is 24.3 Å². The highest BCUT2D eigenvalue weighted by molar-refractivity contribution is 5.89. The number of amides is 3. The first-order valence-corrected chi connectivity index (χ1v) is 9.53. The highest BCUT2D eigenvalue weighted by atomic mass is 19.1. The lowest BCUT2D eigenvalue weighted by Gasteiger charge is -2.26. The van der Waals surface area contributed by atoms with Crippen molar-refractivity contribution in [3.05, 3.63) is 30.1 Å². The van der Waals surface area contributed by atoms with Gasteiger partial charge in [0.15, 0.2) is 0 Å². The lowest BCUT2D eigenvalue weighted by atomic mass is 10.1. The summed E-state index contributed by atoms with van der Waals surface area (Å²) in [5, 5.41) is 15.8. The predicted molar refractivity (Wildman–Crippen MR) is 101 cm³/mol. The molecular formula is C19H27FN4O4. The summed E-state index contributed by atoms with van der Waals surface area (Å²) in [6.45, 7) is 5.32. The monoisotopic (exact) mass is 394 g/mol. The Balaban J connectivity index is 1.46. The van der Waals surface area contributed by atoms with Crippen molar-refractivity contribution >= 4 is 17.6 Å². The first-order valence-electron chi connectivity index (χ1n) is 9.53. The number of hydrogen-bond donors (Lipinski definition) is 3. The van der Waals surface area contributed by atoms with E-state index in [0.717, 1.165) is 26.1 Å². The second kappa shape index (κ2) is 9.31. The number of carbonyl (C=O) groups excluding carboxylic acids is 2. The number of rotatable bonds is 4. The van der Waals surface area contributed by atoms with Crippen LogP contribution < -0.4 is 10.6 Å². The van der Waals surface area contributed by atoms with Gasteiger partial charge in [-0.3, -0.25) is 9.69 Å². The van der Waals surface area contributed by atoms with E-state index in [0.29, 0.717) is 18.8 Å². The van der Waals surface area contributed by atoms with E-state index in [1.807, 2.05) is 4.90 Å². The molecule has 154 valence electrons. The molecular weight excluding hydrogens is 367 g/mol. The molecule has 3 amide bonds. The second-order valence-electron chi connectivity index (χ2n) is 7.23. The van der Waals surface area contributed by atoms with E-state index in [9.17, 15) is 19.1 Å². The van der Waals surface area contributed by atoms with Crippen molar-refractivity contribution < 1.29 is 23.8 Å². The van der Waals surface area contributed by atoms with Gasteiger partial charge >= 0.3 is 6.03 Å². The number of carbonyl (C=O) groups is 2. The molecule has 1 aromatic rings. The van der Waals surface area contributed by atoms with E-state index in [4.69, 9.17) is 4.74 Å². The van der Waals surface area contributed by atoms with E-state index in [-0.39, 0.29) is 18.3 Å². The average Bonchev–Trinajstić information content (AvgIpc) is 2.85. The summed E-state index contributed by atoms with van der Waals surface area (Å²) in [6, 6.07) is 4.44. The van der Waals surface area contributed by atoms with Gasteiger partial charge in [0.25, 0.3) is 0 Å². The number of aliphatic hydroxyl groups excluding tert-OH is 1. The van der Waals surface area contributed by atoms with Gasteiger partial charge in [0.05, 0.1) is 18.8 Å². The second-order valence-corrected chi connectivity index (χ2v) is 7.23. The highest BCUT2D eigenvalue weighted by Gasteiger charge is 2.38. The molecule has 2 saturated heterocycles. The van der Waals surface area contributed by atoms with Crippen molar-refractivity contribution in [2.24, 2.45) is 0 Å². The number of hydrogen-bond acceptors (Lipinski definition) is 5. The molecule has 8 nitrogen and oxygen atoms in total. The van der Waals surface area contributed by atoms with Crippen molar-refractivity contribution in [3.8, 4) is 0 Å². The van der Waals surface area contributed by atoms with Gasteiger partial charge in [0.2, 0.25) is 5.91 Å². The summed E-state index contributed by atoms with van der Waals surface area (Å²) >= 11 is 0. The molecule has 0 spiro atoms. The van der Waals surface area contributed by atoms with Gasteiger partial charge in [-0.15, -0.1) is 0 Å². The fourth-order valence-electron chi connectivity index (χ4n) is 3.56. The van der Waals surface area contributed by atoms with Crippen LogP contribution in [0.25, 0.3) is 0 Å². The largest absolute Gasteiger partial charge is 0.388 e. The van der Waals surface area contributed by atoms with Crippen LogP contribution in [0.2, 0.25) is 0 Å². The van der Waals surface area contributed by atoms with Gasteiger partial charge in [0.1, 0.15) is 11.9 Å². The Hall–Kier alpha value is -2.23. The van der Waals surface area contributed by atoms with Crippen LogP contribution in [0.5, 0.6) is 0 Å². The van der Waals surface area contributed by atoms with Gasteiger partial charge in [-0.1, -0.05) is 0 Å². The summed E-state index contributed by atoms with van der Waals surface area (Å²) in [6.07, 6.45) is -0.351. The third-order valence-electron chi connectivity index (χ3n) is 5.17. The van der Waals surface area contributed by atoms with Crippen LogP contribution in [-0.4, -0.2) is 84.4 Å². The zero-order chi connectivity index (χ0) is 20.1. The molecule has 28 heavy (non-hydrogen) atoms. The summed E-state index contributed by atoms with van der Waals surface area (Å²) in [7, 11) is 0. The fourth-order valence-corrected chi connectivity index (χ4v) is 3.56. The number of halogens is 1. The van der Waals surface area contributed by atoms with Gasteiger partial charge in [0, 0.05) is 38.8 Å². The Morgan fingerprint density at radius 2 is 1.96 bits per heavy atom. The minimum Gasteiger partial charge on any atom is -0.388 e. The van der Waals surface area contributed by atoms with E-state index < -0.39 is 24.3 Å². The lowest BCUT2D eigenvalue weighted by molar-refractivity contribution is -0.128. The molecule has 3 N–H and O–H groups in total. The molecule has 0 radical (unpaired) electrons. The Kier molecular flexibility index (Phi) is 6.82. The molecule has 2 aliphatic heterocycles. The maximum atomic E-state index is 12.9. The third-order valence-corrected chi connectivity index (χ3v) is 5.17. The minimum absolute atomic E-state index is 0.0791. The predicted octanol–water partition coefficient (Wildman–Crippen LogP) is 0.630. The quantitative estimate of drug-likeness (QED) is 0.697. The molecule has 1 aromatic carbocycles. The molecule has 9 heteroatoms. The van der Waals surface area contributed by atoms with Gasteiger partial charge in [-0.05, 0) is 37.2 Å². The molecule has 3 atom stereocenters. The third kappa shape index (κ3) is 5.40. The zero-order valence-electron chi connectivity index (χ0n) is 15.9. The number of nitrogens with one attached hydrogen (secondary N) is 2. The number of aliphatic hydroxyl groups is 1. The molecule has 2 fully saturated rings. The summed E-state index contributed by atoms with van der Waals surface area (Å²) in [4.78, 5) is 27.6. The maximum Gasteiger partial charge on any atom is 0.319 e. The van der Waals surface area contributed by atoms with E-state index in [2.05, 4.69) is 15.5 Å². The fraction of sp³-hybridized carbons (Fsp3) is 0.579. The van der Waals surface area contributed by atoms with Gasteiger partial charge in [-0.2, -0.15) is 0 Å². The van der Waals surface area contributed by atoms with Crippen LogP contribution in [0.4, 0.5) is 14.9 Å². The topological polar surface area (TPSA) is 94.1 Å². The molecule has 2 aliphatic rings. The van der Waals surface area contributed by atoms with E-state index in [1.165, 1.54) is 24.3 Å². The minimum atomic E-state index is -0.828. The van der Waals surface area contributed by atoms with Crippen molar-refractivity contribution in [1.82, 2.24) is 15.1 Å². The molecule has 0 aromatic heterocycles. The van der Waals surface area contributed by atoms with Crippen LogP contribution in [0, 0.1) is 5.82 Å². The van der Waals surface area contributed by atoms with Gasteiger partial charge < -0.3 is 25.4 Å². The zero-order valence-corrected chi connectivity index (χ0v) is 15.9.